The maximum absolute atomic E-state index is 13.4. The lowest BCUT2D eigenvalue weighted by atomic mass is 9.89. The van der Waals surface area contributed by atoms with Crippen LogP contribution < -0.4 is 5.73 Å². The van der Waals surface area contributed by atoms with E-state index in [9.17, 15) is 4.39 Å². The number of hydrogen-bond donors (Lipinski definition) is 2. The molecule has 0 bridgehead atoms. The van der Waals surface area contributed by atoms with Gasteiger partial charge in [0.15, 0.2) is 0 Å². The van der Waals surface area contributed by atoms with Crippen molar-refractivity contribution < 1.29 is 4.39 Å². The zero-order valence-corrected chi connectivity index (χ0v) is 15.6. The van der Waals surface area contributed by atoms with Gasteiger partial charge in [-0.1, -0.05) is 18.2 Å². The number of nitrogen functional groups attached to an aromatic ring is 1. The summed E-state index contributed by atoms with van der Waals surface area (Å²) in [5.41, 5.74) is 12.0. The number of rotatable bonds is 6. The minimum Gasteiger partial charge on any atom is -0.399 e. The van der Waals surface area contributed by atoms with Gasteiger partial charge in [-0.2, -0.15) is 5.10 Å². The first kappa shape index (κ1) is 18.2. The molecule has 1 atom stereocenters. The molecule has 1 aromatic heterocycles. The number of nitrogens with two attached hydrogens (primary N) is 1. The number of nitrogens with one attached hydrogen (secondary N) is 1. The Kier molecular flexibility index (Phi) is 5.33. The van der Waals surface area contributed by atoms with E-state index in [4.69, 9.17) is 5.73 Å². The number of anilines is 1. The van der Waals surface area contributed by atoms with Gasteiger partial charge >= 0.3 is 0 Å². The molecule has 0 saturated carbocycles. The third-order valence-corrected chi connectivity index (χ3v) is 5.11. The average Bonchev–Trinajstić information content (AvgIpc) is 3.14. The van der Waals surface area contributed by atoms with Crippen LogP contribution in [0.25, 0.3) is 11.3 Å². The zero-order chi connectivity index (χ0) is 19.3. The molecule has 0 radical (unpaired) electrons. The molecule has 5 heteroatoms. The Morgan fingerprint density at radius 2 is 1.82 bits per heavy atom. The van der Waals surface area contributed by atoms with Crippen LogP contribution in [0.2, 0.25) is 0 Å². The lowest BCUT2D eigenvalue weighted by Gasteiger charge is -2.15. The summed E-state index contributed by atoms with van der Waals surface area (Å²) >= 11 is 0. The molecule has 0 fully saturated rings. The van der Waals surface area contributed by atoms with E-state index in [-0.39, 0.29) is 11.7 Å². The maximum Gasteiger partial charge on any atom is 0.123 e. The van der Waals surface area contributed by atoms with Crippen LogP contribution in [0.4, 0.5) is 10.1 Å². The van der Waals surface area contributed by atoms with Gasteiger partial charge in [0.25, 0.3) is 0 Å². The summed E-state index contributed by atoms with van der Waals surface area (Å²) in [4.78, 5) is 4.19. The molecule has 2 heterocycles. The number of nitrogens with zero attached hydrogens (tertiary/aromatic N) is 2. The highest BCUT2D eigenvalue weighted by Crippen LogP contribution is 2.34. The molecule has 2 aromatic carbocycles. The molecule has 1 unspecified atom stereocenters. The molecule has 28 heavy (non-hydrogen) atoms. The summed E-state index contributed by atoms with van der Waals surface area (Å²) in [6.45, 7) is 0. The van der Waals surface area contributed by atoms with Gasteiger partial charge in [-0.25, -0.2) is 4.39 Å². The first-order valence-electron chi connectivity index (χ1n) is 9.56. The van der Waals surface area contributed by atoms with Crippen LogP contribution in [0.1, 0.15) is 35.6 Å². The molecular formula is C23H23FN4. The van der Waals surface area contributed by atoms with E-state index >= 15 is 0 Å². The van der Waals surface area contributed by atoms with Crippen molar-refractivity contribution in [3.8, 4) is 11.3 Å². The van der Waals surface area contributed by atoms with Crippen molar-refractivity contribution in [2.45, 2.75) is 31.6 Å². The lowest BCUT2D eigenvalue weighted by Crippen LogP contribution is -2.04. The molecule has 1 aliphatic heterocycles. The highest BCUT2D eigenvalue weighted by Gasteiger charge is 2.22. The predicted molar refractivity (Wildman–Crippen MR) is 112 cm³/mol. The van der Waals surface area contributed by atoms with Gasteiger partial charge in [-0.05, 0) is 67.6 Å². The van der Waals surface area contributed by atoms with Crippen LogP contribution in [0.5, 0.6) is 0 Å². The average molecular weight is 374 g/mol. The summed E-state index contributed by atoms with van der Waals surface area (Å²) in [7, 11) is 0. The Morgan fingerprint density at radius 1 is 1.04 bits per heavy atom. The van der Waals surface area contributed by atoms with Crippen molar-refractivity contribution in [1.29, 1.82) is 0 Å². The first-order chi connectivity index (χ1) is 13.7. The molecule has 3 N–H and O–H groups in total. The van der Waals surface area contributed by atoms with Crippen LogP contribution in [0.15, 0.2) is 65.8 Å². The van der Waals surface area contributed by atoms with E-state index in [2.05, 4.69) is 33.4 Å². The molecular weight excluding hydrogens is 351 g/mol. The Bertz CT molecular complexity index is 984. The summed E-state index contributed by atoms with van der Waals surface area (Å²) in [5.74, 6) is -0.0166. The second kappa shape index (κ2) is 8.21. The monoisotopic (exact) mass is 374 g/mol. The van der Waals surface area contributed by atoms with Crippen LogP contribution in [0.3, 0.4) is 0 Å². The summed E-state index contributed by atoms with van der Waals surface area (Å²) in [5, 5.41) is 7.82. The number of aromatic nitrogens is 2. The Hall–Kier alpha value is -3.21. The van der Waals surface area contributed by atoms with Crippen molar-refractivity contribution in [3.63, 3.8) is 0 Å². The van der Waals surface area contributed by atoms with Gasteiger partial charge in [0.2, 0.25) is 0 Å². The van der Waals surface area contributed by atoms with E-state index in [1.807, 2.05) is 24.5 Å². The molecule has 4 nitrogen and oxygen atoms in total. The standard InChI is InChI=1S/C23H23FN4/c24-19-8-6-18(7-9-19)23-22(17-12-14-26-15-13-17)21(27-28-23)3-1-2-16-4-10-20(25)11-5-16/h4-12,14-15,17H,1-3,13,25H2,(H,27,28). The third-order valence-electron chi connectivity index (χ3n) is 5.11. The third kappa shape index (κ3) is 4.03. The highest BCUT2D eigenvalue weighted by atomic mass is 19.1. The maximum atomic E-state index is 13.4. The molecule has 142 valence electrons. The molecule has 4 rings (SSSR count). The van der Waals surface area contributed by atoms with Gasteiger partial charge in [0.05, 0.1) is 5.69 Å². The van der Waals surface area contributed by atoms with Crippen molar-refractivity contribution in [2.75, 3.05) is 5.73 Å². The second-order valence-corrected chi connectivity index (χ2v) is 7.08. The largest absolute Gasteiger partial charge is 0.399 e. The lowest BCUT2D eigenvalue weighted by molar-refractivity contribution is 0.628. The van der Waals surface area contributed by atoms with E-state index in [0.29, 0.717) is 0 Å². The zero-order valence-electron chi connectivity index (χ0n) is 15.6. The number of halogens is 1. The number of allylic oxidation sites excluding steroid dienone is 1. The summed E-state index contributed by atoms with van der Waals surface area (Å²) in [6, 6.07) is 14.6. The van der Waals surface area contributed by atoms with Crippen LogP contribution >= 0.6 is 0 Å². The Morgan fingerprint density at radius 3 is 2.54 bits per heavy atom. The number of aromatic amines is 1. The highest BCUT2D eigenvalue weighted by molar-refractivity contribution is 5.69. The first-order valence-corrected chi connectivity index (χ1v) is 9.56. The molecule has 0 amide bonds. The molecule has 0 spiro atoms. The van der Waals surface area contributed by atoms with E-state index in [1.54, 1.807) is 12.1 Å². The van der Waals surface area contributed by atoms with Gasteiger partial charge in [-0.15, -0.1) is 0 Å². The minimum atomic E-state index is -0.241. The number of H-pyrrole nitrogens is 1. The number of hydrogen-bond acceptors (Lipinski definition) is 3. The molecule has 0 saturated heterocycles. The topological polar surface area (TPSA) is 67.1 Å². The van der Waals surface area contributed by atoms with Crippen molar-refractivity contribution in [3.05, 3.63) is 83.4 Å². The predicted octanol–water partition coefficient (Wildman–Crippen LogP) is 5.05. The van der Waals surface area contributed by atoms with Crippen LogP contribution in [-0.4, -0.2) is 16.4 Å². The fourth-order valence-electron chi connectivity index (χ4n) is 3.64. The van der Waals surface area contributed by atoms with Crippen molar-refractivity contribution >= 4 is 11.9 Å². The van der Waals surface area contributed by atoms with Crippen LogP contribution in [-0.2, 0) is 12.8 Å². The Labute approximate surface area is 164 Å². The van der Waals surface area contributed by atoms with Crippen LogP contribution in [0, 0.1) is 5.82 Å². The molecule has 3 aromatic rings. The fourth-order valence-corrected chi connectivity index (χ4v) is 3.64. The minimum absolute atomic E-state index is 0.225. The normalized spacial score (nSPS) is 15.8. The number of aryl methyl sites for hydroxylation is 2. The van der Waals surface area contributed by atoms with Gasteiger partial charge in [-0.3, -0.25) is 10.1 Å². The molecule has 1 aliphatic rings. The second-order valence-electron chi connectivity index (χ2n) is 7.08. The summed E-state index contributed by atoms with van der Waals surface area (Å²) in [6.07, 6.45) is 9.61. The number of aliphatic imine (C=N–C) groups is 1. The smallest absolute Gasteiger partial charge is 0.123 e. The Balaban J connectivity index is 1.57. The van der Waals surface area contributed by atoms with E-state index in [0.717, 1.165) is 48.3 Å². The quantitative estimate of drug-likeness (QED) is 0.593. The van der Waals surface area contributed by atoms with E-state index in [1.165, 1.54) is 23.3 Å². The fraction of sp³-hybridized carbons (Fsp3) is 0.217. The van der Waals surface area contributed by atoms with Gasteiger partial charge in [0.1, 0.15) is 5.82 Å². The van der Waals surface area contributed by atoms with Crippen molar-refractivity contribution in [2.24, 2.45) is 4.99 Å². The summed E-state index contributed by atoms with van der Waals surface area (Å²) < 4.78 is 13.4. The number of benzene rings is 2. The van der Waals surface area contributed by atoms with Gasteiger partial charge < -0.3 is 5.73 Å². The van der Waals surface area contributed by atoms with Crippen molar-refractivity contribution in [1.82, 2.24) is 10.2 Å². The molecule has 0 aliphatic carbocycles. The van der Waals surface area contributed by atoms with Gasteiger partial charge in [0, 0.05) is 40.8 Å². The van der Waals surface area contributed by atoms with E-state index < -0.39 is 0 Å². The SMILES string of the molecule is Nc1ccc(CCCc2[nH]nc(-c3ccc(F)cc3)c2C2C=CN=CC2)cc1.